The molecule has 82 valence electrons. The summed E-state index contributed by atoms with van der Waals surface area (Å²) in [6.45, 7) is 0. The van der Waals surface area contributed by atoms with Gasteiger partial charge in [0.05, 0.1) is 23.1 Å². The normalized spacial score (nSPS) is 10.2. The minimum Gasteiger partial charge on any atom is -0.373 e. The van der Waals surface area contributed by atoms with Crippen LogP contribution in [-0.2, 0) is 0 Å². The third kappa shape index (κ3) is 2.23. The maximum absolute atomic E-state index is 6.04. The molecule has 0 unspecified atom stereocenters. The van der Waals surface area contributed by atoms with Crippen molar-refractivity contribution in [2.24, 2.45) is 0 Å². The first-order valence-corrected chi connectivity index (χ1v) is 5.27. The zero-order valence-corrected chi connectivity index (χ0v) is 9.92. The highest BCUT2D eigenvalue weighted by atomic mass is 35.5. The average molecular weight is 255 g/mol. The van der Waals surface area contributed by atoms with Crippen molar-refractivity contribution in [3.8, 4) is 11.3 Å². The van der Waals surface area contributed by atoms with Crippen molar-refractivity contribution < 1.29 is 0 Å². The zero-order chi connectivity index (χ0) is 11.5. The van der Waals surface area contributed by atoms with Gasteiger partial charge in [-0.15, -0.1) is 0 Å². The fourth-order valence-electron chi connectivity index (χ4n) is 1.24. The Labute approximate surface area is 103 Å². The highest BCUT2D eigenvalue weighted by Gasteiger charge is 2.07. The highest BCUT2D eigenvalue weighted by Crippen LogP contribution is 2.27. The first kappa shape index (κ1) is 11.1. The van der Waals surface area contributed by atoms with Gasteiger partial charge in [-0.1, -0.05) is 23.2 Å². The SMILES string of the molecule is CNc1cc(-c2cncc(Cl)n2)c(Cl)cn1. The molecule has 2 aromatic rings. The standard InChI is InChI=1S/C10H8Cl2N4/c1-13-10-2-6(7(11)3-15-10)8-4-14-5-9(12)16-8/h2-5H,1H3,(H,13,15). The molecule has 2 aromatic heterocycles. The highest BCUT2D eigenvalue weighted by molar-refractivity contribution is 6.33. The van der Waals surface area contributed by atoms with Crippen LogP contribution in [0.2, 0.25) is 10.2 Å². The minimum atomic E-state index is 0.330. The van der Waals surface area contributed by atoms with Crippen molar-refractivity contribution in [2.45, 2.75) is 0 Å². The van der Waals surface area contributed by atoms with Crippen LogP contribution in [0.25, 0.3) is 11.3 Å². The summed E-state index contributed by atoms with van der Waals surface area (Å²) >= 11 is 11.8. The van der Waals surface area contributed by atoms with E-state index in [9.17, 15) is 0 Å². The maximum Gasteiger partial charge on any atom is 0.148 e. The van der Waals surface area contributed by atoms with Gasteiger partial charge >= 0.3 is 0 Å². The molecule has 16 heavy (non-hydrogen) atoms. The van der Waals surface area contributed by atoms with Crippen LogP contribution in [0.4, 0.5) is 5.82 Å². The topological polar surface area (TPSA) is 50.7 Å². The lowest BCUT2D eigenvalue weighted by molar-refractivity contribution is 1.20. The molecule has 0 aliphatic rings. The number of anilines is 1. The van der Waals surface area contributed by atoms with E-state index >= 15 is 0 Å². The molecule has 1 N–H and O–H groups in total. The summed E-state index contributed by atoms with van der Waals surface area (Å²) in [5, 5.41) is 3.77. The molecule has 4 nitrogen and oxygen atoms in total. The lowest BCUT2D eigenvalue weighted by Crippen LogP contribution is -1.94. The van der Waals surface area contributed by atoms with Gasteiger partial charge in [0.25, 0.3) is 0 Å². The molecule has 0 radical (unpaired) electrons. The average Bonchev–Trinajstić information content (AvgIpc) is 2.30. The second kappa shape index (κ2) is 4.63. The van der Waals surface area contributed by atoms with Gasteiger partial charge in [-0.05, 0) is 6.07 Å². The molecule has 0 aromatic carbocycles. The maximum atomic E-state index is 6.04. The van der Waals surface area contributed by atoms with E-state index in [1.165, 1.54) is 6.20 Å². The summed E-state index contributed by atoms with van der Waals surface area (Å²) in [4.78, 5) is 12.2. The van der Waals surface area contributed by atoms with Crippen LogP contribution in [0.5, 0.6) is 0 Å². The Balaban J connectivity index is 2.54. The lowest BCUT2D eigenvalue weighted by atomic mass is 10.2. The zero-order valence-electron chi connectivity index (χ0n) is 8.41. The number of pyridine rings is 1. The van der Waals surface area contributed by atoms with Gasteiger partial charge < -0.3 is 5.32 Å². The Morgan fingerprint density at radius 2 is 2.00 bits per heavy atom. The van der Waals surface area contributed by atoms with E-state index in [-0.39, 0.29) is 0 Å². The number of hydrogen-bond acceptors (Lipinski definition) is 4. The predicted octanol–water partition coefficient (Wildman–Crippen LogP) is 2.89. The molecule has 0 spiro atoms. The van der Waals surface area contributed by atoms with E-state index < -0.39 is 0 Å². The van der Waals surface area contributed by atoms with Gasteiger partial charge in [0, 0.05) is 18.8 Å². The Morgan fingerprint density at radius 1 is 1.19 bits per heavy atom. The van der Waals surface area contributed by atoms with Crippen LogP contribution in [0.15, 0.2) is 24.7 Å². The van der Waals surface area contributed by atoms with E-state index in [0.29, 0.717) is 21.7 Å². The van der Waals surface area contributed by atoms with Crippen molar-refractivity contribution in [3.05, 3.63) is 34.8 Å². The van der Waals surface area contributed by atoms with Crippen molar-refractivity contribution in [3.63, 3.8) is 0 Å². The second-order valence-corrected chi connectivity index (χ2v) is 3.82. The van der Waals surface area contributed by atoms with Crippen LogP contribution < -0.4 is 5.32 Å². The van der Waals surface area contributed by atoms with Gasteiger partial charge in [0.15, 0.2) is 0 Å². The number of halogens is 2. The number of nitrogens with one attached hydrogen (secondary N) is 1. The quantitative estimate of drug-likeness (QED) is 0.896. The molecule has 0 amide bonds. The predicted molar refractivity (Wildman–Crippen MR) is 64.8 cm³/mol. The van der Waals surface area contributed by atoms with Gasteiger partial charge in [-0.2, -0.15) is 0 Å². The summed E-state index contributed by atoms with van der Waals surface area (Å²) < 4.78 is 0. The lowest BCUT2D eigenvalue weighted by Gasteiger charge is -2.05. The number of nitrogens with zero attached hydrogens (tertiary/aromatic N) is 3. The summed E-state index contributed by atoms with van der Waals surface area (Å²) in [5.41, 5.74) is 1.37. The van der Waals surface area contributed by atoms with Crippen molar-refractivity contribution in [1.29, 1.82) is 0 Å². The molecule has 0 atom stereocenters. The number of hydrogen-bond donors (Lipinski definition) is 1. The van der Waals surface area contributed by atoms with E-state index in [2.05, 4.69) is 20.3 Å². The fourth-order valence-corrected chi connectivity index (χ4v) is 1.59. The van der Waals surface area contributed by atoms with E-state index in [4.69, 9.17) is 23.2 Å². The van der Waals surface area contributed by atoms with Crippen LogP contribution in [0.3, 0.4) is 0 Å². The number of rotatable bonds is 2. The summed E-state index contributed by atoms with van der Waals surface area (Å²) in [6, 6.07) is 1.79. The molecule has 6 heteroatoms. The van der Waals surface area contributed by atoms with Gasteiger partial charge in [-0.25, -0.2) is 9.97 Å². The summed E-state index contributed by atoms with van der Waals surface area (Å²) in [7, 11) is 1.78. The summed E-state index contributed by atoms with van der Waals surface area (Å²) in [5.74, 6) is 0.709. The van der Waals surface area contributed by atoms with E-state index in [1.807, 2.05) is 0 Å². The molecule has 2 heterocycles. The largest absolute Gasteiger partial charge is 0.373 e. The Bertz CT molecular complexity index is 516. The molecular weight excluding hydrogens is 247 g/mol. The minimum absolute atomic E-state index is 0.330. The van der Waals surface area contributed by atoms with E-state index in [0.717, 1.165) is 5.56 Å². The third-order valence-electron chi connectivity index (χ3n) is 1.99. The molecule has 0 aliphatic heterocycles. The third-order valence-corrected chi connectivity index (χ3v) is 2.48. The van der Waals surface area contributed by atoms with Gasteiger partial charge in [-0.3, -0.25) is 4.98 Å². The van der Waals surface area contributed by atoms with Crippen LogP contribution >= 0.6 is 23.2 Å². The first-order valence-electron chi connectivity index (χ1n) is 4.52. The van der Waals surface area contributed by atoms with Crippen molar-refractivity contribution >= 4 is 29.0 Å². The molecular formula is C10H8Cl2N4. The Hall–Kier alpha value is -1.39. The van der Waals surface area contributed by atoms with Gasteiger partial charge in [0.2, 0.25) is 0 Å². The molecule has 2 rings (SSSR count). The summed E-state index contributed by atoms with van der Waals surface area (Å²) in [6.07, 6.45) is 4.64. The molecule has 0 aliphatic carbocycles. The van der Waals surface area contributed by atoms with Crippen LogP contribution in [-0.4, -0.2) is 22.0 Å². The molecule has 0 bridgehead atoms. The van der Waals surface area contributed by atoms with Crippen LogP contribution in [0, 0.1) is 0 Å². The van der Waals surface area contributed by atoms with Crippen LogP contribution in [0.1, 0.15) is 0 Å². The Kier molecular flexibility index (Phi) is 3.22. The molecule has 0 fully saturated rings. The van der Waals surface area contributed by atoms with Crippen molar-refractivity contribution in [2.75, 3.05) is 12.4 Å². The number of aromatic nitrogens is 3. The Morgan fingerprint density at radius 3 is 2.69 bits per heavy atom. The smallest absolute Gasteiger partial charge is 0.148 e. The molecule has 0 saturated carbocycles. The monoisotopic (exact) mass is 254 g/mol. The molecule has 0 saturated heterocycles. The van der Waals surface area contributed by atoms with Gasteiger partial charge in [0.1, 0.15) is 11.0 Å². The van der Waals surface area contributed by atoms with Crippen molar-refractivity contribution in [1.82, 2.24) is 15.0 Å². The second-order valence-electron chi connectivity index (χ2n) is 3.03. The first-order chi connectivity index (χ1) is 7.70. The van der Waals surface area contributed by atoms with E-state index in [1.54, 1.807) is 25.5 Å². The fraction of sp³-hybridized carbons (Fsp3) is 0.100.